The Morgan fingerprint density at radius 3 is 2.33 bits per heavy atom. The van der Waals surface area contributed by atoms with E-state index in [0.29, 0.717) is 0 Å². The summed E-state index contributed by atoms with van der Waals surface area (Å²) in [5.74, 6) is -0.815. The quantitative estimate of drug-likeness (QED) is 0.706. The van der Waals surface area contributed by atoms with Gasteiger partial charge in [0, 0.05) is 6.26 Å². The molecule has 0 aliphatic rings. The monoisotopic (exact) mass is 208 g/mol. The highest BCUT2D eigenvalue weighted by Crippen LogP contribution is 2.23. The van der Waals surface area contributed by atoms with Gasteiger partial charge in [0.15, 0.2) is 9.84 Å². The van der Waals surface area contributed by atoms with Crippen LogP contribution in [0.3, 0.4) is 0 Å². The summed E-state index contributed by atoms with van der Waals surface area (Å²) in [6.07, 6.45) is 0.914. The molecule has 5 heteroatoms. The Kier molecular flexibility index (Phi) is 2.39. The SMILES string of the molecule is CS(=O)(=O)c1c(F)cccc1Cl. The van der Waals surface area contributed by atoms with E-state index in [1.165, 1.54) is 12.1 Å². The smallest absolute Gasteiger partial charge is 0.179 e. The summed E-state index contributed by atoms with van der Waals surface area (Å²) in [5.41, 5.74) is 0. The first-order chi connectivity index (χ1) is 5.43. The Morgan fingerprint density at radius 2 is 2.00 bits per heavy atom. The van der Waals surface area contributed by atoms with Crippen LogP contribution in [0, 0.1) is 5.82 Å². The fourth-order valence-electron chi connectivity index (χ4n) is 0.837. The van der Waals surface area contributed by atoms with Gasteiger partial charge in [-0.05, 0) is 12.1 Å². The van der Waals surface area contributed by atoms with E-state index in [4.69, 9.17) is 11.6 Å². The van der Waals surface area contributed by atoms with Gasteiger partial charge >= 0.3 is 0 Å². The topological polar surface area (TPSA) is 34.1 Å². The molecule has 0 bridgehead atoms. The maximum atomic E-state index is 12.9. The molecule has 66 valence electrons. The molecule has 0 amide bonds. The number of benzene rings is 1. The van der Waals surface area contributed by atoms with Crippen molar-refractivity contribution in [3.8, 4) is 0 Å². The van der Waals surface area contributed by atoms with Crippen LogP contribution in [0.15, 0.2) is 23.1 Å². The lowest BCUT2D eigenvalue weighted by Gasteiger charge is -2.01. The Hall–Kier alpha value is -0.610. The zero-order valence-corrected chi connectivity index (χ0v) is 7.79. The van der Waals surface area contributed by atoms with E-state index in [9.17, 15) is 12.8 Å². The van der Waals surface area contributed by atoms with Gasteiger partial charge in [-0.25, -0.2) is 12.8 Å². The first kappa shape index (κ1) is 9.48. The van der Waals surface area contributed by atoms with Crippen molar-refractivity contribution in [2.45, 2.75) is 4.90 Å². The van der Waals surface area contributed by atoms with Crippen molar-refractivity contribution in [2.24, 2.45) is 0 Å². The van der Waals surface area contributed by atoms with Gasteiger partial charge in [0.2, 0.25) is 0 Å². The standard InChI is InChI=1S/C7H6ClFO2S/c1-12(10,11)7-5(8)3-2-4-6(7)9/h2-4H,1H3. The zero-order valence-electron chi connectivity index (χ0n) is 6.21. The van der Waals surface area contributed by atoms with Crippen molar-refractivity contribution in [2.75, 3.05) is 6.26 Å². The van der Waals surface area contributed by atoms with Crippen molar-refractivity contribution in [3.05, 3.63) is 29.0 Å². The molecule has 0 aromatic heterocycles. The fraction of sp³-hybridized carbons (Fsp3) is 0.143. The van der Waals surface area contributed by atoms with Gasteiger partial charge in [-0.1, -0.05) is 17.7 Å². The lowest BCUT2D eigenvalue weighted by Crippen LogP contribution is -2.01. The van der Waals surface area contributed by atoms with Gasteiger partial charge in [0.1, 0.15) is 10.7 Å². The Bertz CT molecular complexity index is 380. The van der Waals surface area contributed by atoms with Gasteiger partial charge in [0.05, 0.1) is 5.02 Å². The third-order valence-corrected chi connectivity index (χ3v) is 2.87. The number of hydrogen-bond donors (Lipinski definition) is 0. The van der Waals surface area contributed by atoms with E-state index < -0.39 is 20.5 Å². The first-order valence-corrected chi connectivity index (χ1v) is 5.34. The van der Waals surface area contributed by atoms with E-state index >= 15 is 0 Å². The van der Waals surface area contributed by atoms with Gasteiger partial charge in [-0.15, -0.1) is 0 Å². The average Bonchev–Trinajstić information content (AvgIpc) is 1.82. The van der Waals surface area contributed by atoms with Crippen LogP contribution in [0.4, 0.5) is 4.39 Å². The molecule has 0 saturated carbocycles. The number of hydrogen-bond acceptors (Lipinski definition) is 2. The predicted molar refractivity (Wildman–Crippen MR) is 44.5 cm³/mol. The Morgan fingerprint density at radius 1 is 1.42 bits per heavy atom. The predicted octanol–water partition coefficient (Wildman–Crippen LogP) is 1.88. The molecule has 0 heterocycles. The molecule has 0 atom stereocenters. The minimum atomic E-state index is -3.57. The van der Waals surface area contributed by atoms with Crippen LogP contribution < -0.4 is 0 Å². The number of halogens is 2. The molecule has 0 N–H and O–H groups in total. The van der Waals surface area contributed by atoms with E-state index in [-0.39, 0.29) is 5.02 Å². The van der Waals surface area contributed by atoms with Crippen molar-refractivity contribution in [1.82, 2.24) is 0 Å². The summed E-state index contributed by atoms with van der Waals surface area (Å²) in [5, 5.41) is -0.0856. The second-order valence-corrected chi connectivity index (χ2v) is 4.68. The summed E-state index contributed by atoms with van der Waals surface area (Å²) in [4.78, 5) is -0.438. The molecule has 0 aliphatic carbocycles. The van der Waals surface area contributed by atoms with Crippen LogP contribution in [-0.2, 0) is 9.84 Å². The highest BCUT2D eigenvalue weighted by Gasteiger charge is 2.16. The molecular formula is C7H6ClFO2S. The Labute approximate surface area is 74.9 Å². The Balaban J connectivity index is 3.53. The molecule has 0 saturated heterocycles. The van der Waals surface area contributed by atoms with Crippen LogP contribution in [0.2, 0.25) is 5.02 Å². The van der Waals surface area contributed by atoms with Crippen molar-refractivity contribution in [3.63, 3.8) is 0 Å². The van der Waals surface area contributed by atoms with Gasteiger partial charge in [-0.2, -0.15) is 0 Å². The molecule has 0 fully saturated rings. The van der Waals surface area contributed by atoms with Crippen LogP contribution in [-0.4, -0.2) is 14.7 Å². The normalized spacial score (nSPS) is 11.6. The van der Waals surface area contributed by atoms with Crippen molar-refractivity contribution >= 4 is 21.4 Å². The summed E-state index contributed by atoms with van der Waals surface area (Å²) < 4.78 is 34.8. The largest absolute Gasteiger partial charge is 0.224 e. The van der Waals surface area contributed by atoms with E-state index in [1.54, 1.807) is 0 Å². The summed E-state index contributed by atoms with van der Waals surface area (Å²) in [6.45, 7) is 0. The van der Waals surface area contributed by atoms with Crippen molar-refractivity contribution in [1.29, 1.82) is 0 Å². The zero-order chi connectivity index (χ0) is 9.35. The lowest BCUT2D eigenvalue weighted by molar-refractivity contribution is 0.571. The molecule has 1 aromatic carbocycles. The maximum absolute atomic E-state index is 12.9. The molecule has 2 nitrogen and oxygen atoms in total. The third-order valence-electron chi connectivity index (χ3n) is 1.29. The molecule has 1 rings (SSSR count). The molecular weight excluding hydrogens is 203 g/mol. The van der Waals surface area contributed by atoms with E-state index in [2.05, 4.69) is 0 Å². The highest BCUT2D eigenvalue weighted by atomic mass is 35.5. The molecule has 0 radical (unpaired) electrons. The van der Waals surface area contributed by atoms with Crippen LogP contribution >= 0.6 is 11.6 Å². The summed E-state index contributed by atoms with van der Waals surface area (Å²) in [7, 11) is -3.57. The second kappa shape index (κ2) is 3.03. The van der Waals surface area contributed by atoms with Gasteiger partial charge in [0.25, 0.3) is 0 Å². The van der Waals surface area contributed by atoms with E-state index in [1.807, 2.05) is 0 Å². The minimum absolute atomic E-state index is 0.0856. The first-order valence-electron chi connectivity index (χ1n) is 3.07. The fourth-order valence-corrected chi connectivity index (χ4v) is 2.26. The number of rotatable bonds is 1. The lowest BCUT2D eigenvalue weighted by atomic mass is 10.3. The summed E-state index contributed by atoms with van der Waals surface area (Å²) >= 11 is 5.49. The molecule has 0 spiro atoms. The van der Waals surface area contributed by atoms with Gasteiger partial charge < -0.3 is 0 Å². The molecule has 1 aromatic rings. The van der Waals surface area contributed by atoms with Crippen molar-refractivity contribution < 1.29 is 12.8 Å². The minimum Gasteiger partial charge on any atom is -0.224 e. The van der Waals surface area contributed by atoms with Crippen LogP contribution in [0.1, 0.15) is 0 Å². The van der Waals surface area contributed by atoms with Gasteiger partial charge in [-0.3, -0.25) is 0 Å². The average molecular weight is 209 g/mol. The van der Waals surface area contributed by atoms with E-state index in [0.717, 1.165) is 12.3 Å². The second-order valence-electron chi connectivity index (χ2n) is 2.32. The molecule has 0 aliphatic heterocycles. The molecule has 0 unspecified atom stereocenters. The van der Waals surface area contributed by atoms with Crippen LogP contribution in [0.5, 0.6) is 0 Å². The maximum Gasteiger partial charge on any atom is 0.179 e. The third kappa shape index (κ3) is 1.76. The number of sulfone groups is 1. The molecule has 12 heavy (non-hydrogen) atoms. The highest BCUT2D eigenvalue weighted by molar-refractivity contribution is 7.90. The van der Waals surface area contributed by atoms with Crippen LogP contribution in [0.25, 0.3) is 0 Å². The summed E-state index contributed by atoms with van der Waals surface area (Å²) in [6, 6.07) is 3.75.